The smallest absolute Gasteiger partial charge is 0.264 e. The summed E-state index contributed by atoms with van der Waals surface area (Å²) < 4.78 is 41.8. The number of sulfonamides is 1. The van der Waals surface area contributed by atoms with Crippen molar-refractivity contribution in [3.05, 3.63) is 89.1 Å². The highest BCUT2D eigenvalue weighted by atomic mass is 32.2. The highest BCUT2D eigenvalue weighted by Crippen LogP contribution is 2.32. The van der Waals surface area contributed by atoms with Gasteiger partial charge in [-0.1, -0.05) is 51.1 Å². The Hall–Kier alpha value is -4.55. The van der Waals surface area contributed by atoms with Crippen LogP contribution in [0, 0.1) is 19.3 Å². The van der Waals surface area contributed by atoms with E-state index in [9.17, 15) is 13.2 Å². The fourth-order valence-corrected chi connectivity index (χ4v) is 7.22. The zero-order valence-electron chi connectivity index (χ0n) is 28.0. The van der Waals surface area contributed by atoms with Crippen molar-refractivity contribution < 1.29 is 25.5 Å². The van der Waals surface area contributed by atoms with Crippen molar-refractivity contribution in [2.24, 2.45) is 5.41 Å². The van der Waals surface area contributed by atoms with E-state index in [0.717, 1.165) is 23.1 Å². The minimum atomic E-state index is -4.17. The van der Waals surface area contributed by atoms with Crippen LogP contribution in [0.1, 0.15) is 63.6 Å². The van der Waals surface area contributed by atoms with Gasteiger partial charge in [-0.15, -0.1) is 0 Å². The summed E-state index contributed by atoms with van der Waals surface area (Å²) in [7, 11) is -4.17. The Labute approximate surface area is 285 Å². The lowest BCUT2D eigenvalue weighted by Crippen LogP contribution is -2.45. The number of aromatic nitrogens is 3. The Morgan fingerprint density at radius 2 is 1.73 bits per heavy atom. The Morgan fingerprint density at radius 3 is 2.46 bits per heavy atom. The van der Waals surface area contributed by atoms with Crippen molar-refractivity contribution in [3.63, 3.8) is 0 Å². The van der Waals surface area contributed by atoms with E-state index >= 15 is 0 Å². The van der Waals surface area contributed by atoms with Gasteiger partial charge in [-0.25, -0.2) is 23.1 Å². The summed E-state index contributed by atoms with van der Waals surface area (Å²) in [5.41, 5.74) is 4.08. The molecule has 0 radical (unpaired) electrons. The summed E-state index contributed by atoms with van der Waals surface area (Å²) in [4.78, 5) is 30.1. The number of nitrogens with zero attached hydrogens (tertiary/aromatic N) is 4. The molecule has 6 rings (SSSR count). The van der Waals surface area contributed by atoms with Gasteiger partial charge in [0.05, 0.1) is 41.5 Å². The molecule has 1 saturated heterocycles. The van der Waals surface area contributed by atoms with Gasteiger partial charge in [0.1, 0.15) is 12.4 Å². The van der Waals surface area contributed by atoms with Crippen LogP contribution in [-0.4, -0.2) is 66.1 Å². The van der Waals surface area contributed by atoms with Crippen molar-refractivity contribution in [1.82, 2.24) is 19.9 Å². The number of ether oxygens (including phenoxy) is 2. The summed E-state index contributed by atoms with van der Waals surface area (Å²) in [6, 6.07) is 19.1. The van der Waals surface area contributed by atoms with Crippen molar-refractivity contribution in [3.8, 4) is 17.1 Å². The normalized spacial score (nSPS) is 19.4. The summed E-state index contributed by atoms with van der Waals surface area (Å²) in [5, 5.41) is 3.43. The van der Waals surface area contributed by atoms with Gasteiger partial charge in [0.15, 0.2) is 0 Å². The molecular weight excluding hydrogens is 629 g/mol. The van der Waals surface area contributed by atoms with Crippen LogP contribution < -0.4 is 14.8 Å². The molecule has 12 heteroatoms. The predicted molar refractivity (Wildman–Crippen MR) is 189 cm³/mol. The lowest BCUT2D eigenvalue weighted by molar-refractivity contribution is 0.0509. The molecule has 2 N–H and O–H groups in total. The van der Waals surface area contributed by atoms with Gasteiger partial charge in [0.2, 0.25) is 11.8 Å². The molecular formula is C36H46N6O5S. The fourth-order valence-electron chi connectivity index (χ4n) is 6.23. The van der Waals surface area contributed by atoms with E-state index in [1.165, 1.54) is 12.1 Å². The molecule has 2 aromatic heterocycles. The van der Waals surface area contributed by atoms with Crippen LogP contribution in [0.4, 0.5) is 11.8 Å². The highest BCUT2D eigenvalue weighted by molar-refractivity contribution is 7.92. The molecule has 1 amide bonds. The molecule has 1 fully saturated rings. The maximum atomic E-state index is 14.5. The quantitative estimate of drug-likeness (QED) is 0.235. The first-order chi connectivity index (χ1) is 22.8. The molecule has 0 spiro atoms. The number of hydrogen-bond acceptors (Lipinski definition) is 9. The van der Waals surface area contributed by atoms with Crippen molar-refractivity contribution in [2.75, 3.05) is 29.9 Å². The number of aryl methyl sites for hydroxylation is 2. The number of amides is 1. The maximum Gasteiger partial charge on any atom is 0.264 e. The van der Waals surface area contributed by atoms with E-state index in [2.05, 4.69) is 40.8 Å². The minimum absolute atomic E-state index is 0. The molecule has 0 saturated carbocycles. The number of hydrogen-bond donors (Lipinski definition) is 2. The number of carbonyl (C=O) groups excluding carboxylic acids is 1. The summed E-state index contributed by atoms with van der Waals surface area (Å²) >= 11 is 0. The molecule has 0 aliphatic carbocycles. The number of anilines is 2. The zero-order valence-corrected chi connectivity index (χ0v) is 28.8. The molecule has 4 aromatic rings. The van der Waals surface area contributed by atoms with Crippen LogP contribution in [0.15, 0.2) is 71.6 Å². The van der Waals surface area contributed by atoms with E-state index in [1.807, 2.05) is 50.2 Å². The van der Waals surface area contributed by atoms with E-state index in [1.54, 1.807) is 23.1 Å². The van der Waals surface area contributed by atoms with Crippen molar-refractivity contribution >= 4 is 27.7 Å². The van der Waals surface area contributed by atoms with E-state index in [-0.39, 0.29) is 55.7 Å². The molecule has 4 bridgehead atoms. The Bertz CT molecular complexity index is 1910. The molecule has 4 heterocycles. The second kappa shape index (κ2) is 13.5. The average molecular weight is 675 g/mol. The molecule has 2 atom stereocenters. The Morgan fingerprint density at radius 1 is 0.979 bits per heavy atom. The molecule has 256 valence electrons. The second-order valence-electron chi connectivity index (χ2n) is 13.7. The number of carbonyl (C=O) groups is 1. The van der Waals surface area contributed by atoms with Crippen molar-refractivity contribution in [2.45, 2.75) is 71.0 Å². The third kappa shape index (κ3) is 7.77. The average Bonchev–Trinajstić information content (AvgIpc) is 3.54. The summed E-state index contributed by atoms with van der Waals surface area (Å²) in [5.74, 6) is 0.450. The van der Waals surface area contributed by atoms with Crippen LogP contribution >= 0.6 is 0 Å². The van der Waals surface area contributed by atoms with E-state index in [0.29, 0.717) is 36.8 Å². The topological polar surface area (TPSA) is 136 Å². The van der Waals surface area contributed by atoms with Gasteiger partial charge in [-0.05, 0) is 73.6 Å². The third-order valence-electron chi connectivity index (χ3n) is 8.45. The minimum Gasteiger partial charge on any atom is -0.475 e. The van der Waals surface area contributed by atoms with Gasteiger partial charge in [0.25, 0.3) is 15.9 Å². The maximum absolute atomic E-state index is 14.5. The highest BCUT2D eigenvalue weighted by Gasteiger charge is 2.32. The molecule has 48 heavy (non-hydrogen) atoms. The van der Waals surface area contributed by atoms with Crippen LogP contribution in [-0.2, 0) is 21.3 Å². The van der Waals surface area contributed by atoms with E-state index < -0.39 is 16.1 Å². The first-order valence-electron chi connectivity index (χ1n) is 16.2. The monoisotopic (exact) mass is 674 g/mol. The number of rotatable bonds is 6. The largest absolute Gasteiger partial charge is 0.475 e. The first-order valence-corrected chi connectivity index (χ1v) is 17.7. The van der Waals surface area contributed by atoms with Crippen LogP contribution in [0.25, 0.3) is 11.3 Å². The first kappa shape index (κ1) is 33.4. The van der Waals surface area contributed by atoms with Gasteiger partial charge in [-0.2, -0.15) is 4.98 Å². The molecule has 11 nitrogen and oxygen atoms in total. The Kier molecular flexibility index (Phi) is 9.39. The van der Waals surface area contributed by atoms with E-state index in [4.69, 9.17) is 14.5 Å². The van der Waals surface area contributed by atoms with Gasteiger partial charge in [0, 0.05) is 26.7 Å². The molecule has 2 aliphatic heterocycles. The molecule has 1 unspecified atom stereocenters. The molecule has 2 aromatic carbocycles. The van der Waals surface area contributed by atoms with Gasteiger partial charge < -0.3 is 19.7 Å². The van der Waals surface area contributed by atoms with Gasteiger partial charge >= 0.3 is 0 Å². The SMILES string of the molecule is Cc1cccc(C)c1-c1cc2nc(n1)NS(=O)(=O)c1cccc(c1)C(=O)N(Cc1cccc(NC3CCOC3)n1)[C@H](CC(C)(C)C)CO2.[HH].[HH]. The standard InChI is InChI=1S/C36H42N6O5S.2H2/c1-23-9-6-10-24(2)33(23)30-18-32-40-35(39-30)41-48(44,45)29-13-7-11-25(17-29)34(43)42(28(22-47-32)19-36(3,4)5)20-26-12-8-14-31(37-26)38-27-15-16-46-21-27;;/h6-14,17-18,27-28H,15-16,19-22H2,1-5H3,(H,37,38)(H,39,40,41);2*1H/t27?,28-;;/m1../s1. The van der Waals surface area contributed by atoms with Crippen LogP contribution in [0.3, 0.4) is 0 Å². The lowest BCUT2D eigenvalue weighted by Gasteiger charge is -2.35. The summed E-state index contributed by atoms with van der Waals surface area (Å²) in [6.07, 6.45) is 1.49. The predicted octanol–water partition coefficient (Wildman–Crippen LogP) is 6.49. The number of benzene rings is 2. The number of fused-ring (bicyclic) bond motifs is 4. The van der Waals surface area contributed by atoms with Crippen LogP contribution in [0.5, 0.6) is 5.88 Å². The number of nitrogens with one attached hydrogen (secondary N) is 2. The van der Waals surface area contributed by atoms with Crippen molar-refractivity contribution in [1.29, 1.82) is 0 Å². The zero-order chi connectivity index (χ0) is 34.1. The second-order valence-corrected chi connectivity index (χ2v) is 15.4. The van der Waals surface area contributed by atoms with Gasteiger partial charge in [-0.3, -0.25) is 4.79 Å². The van der Waals surface area contributed by atoms with Crippen LogP contribution in [0.2, 0.25) is 0 Å². The summed E-state index contributed by atoms with van der Waals surface area (Å²) in [6.45, 7) is 11.9. The molecule has 2 aliphatic rings. The number of pyridine rings is 1. The Balaban J connectivity index is 0.00000281. The lowest BCUT2D eigenvalue weighted by atomic mass is 9.87. The third-order valence-corrected chi connectivity index (χ3v) is 9.78. The fraction of sp³-hybridized carbons (Fsp3) is 0.389.